The first-order valence-corrected chi connectivity index (χ1v) is 4.41. The third-order valence-electron chi connectivity index (χ3n) is 0.987. The van der Waals surface area contributed by atoms with Gasteiger partial charge in [0, 0.05) is 6.42 Å². The van der Waals surface area contributed by atoms with Gasteiger partial charge in [-0.25, -0.2) is 17.6 Å². The van der Waals surface area contributed by atoms with Gasteiger partial charge in [-0.15, -0.1) is 0 Å². The van der Waals surface area contributed by atoms with Crippen LogP contribution in [0.4, 0.5) is 17.6 Å². The minimum atomic E-state index is -3.83. The molecule has 0 aliphatic heterocycles. The van der Waals surface area contributed by atoms with Crippen LogP contribution in [0.5, 0.6) is 0 Å². The van der Waals surface area contributed by atoms with Crippen LogP contribution in [0.1, 0.15) is 26.7 Å². The van der Waals surface area contributed by atoms with E-state index in [-0.39, 0.29) is 12.2 Å². The Morgan fingerprint density at radius 2 is 1.67 bits per heavy atom. The van der Waals surface area contributed by atoms with Crippen molar-refractivity contribution >= 4 is 12.6 Å². The van der Waals surface area contributed by atoms with Crippen molar-refractivity contribution in [2.24, 2.45) is 0 Å². The monoisotopic (exact) mass is 206 g/mol. The van der Waals surface area contributed by atoms with Crippen molar-refractivity contribution in [3.8, 4) is 0 Å². The average molecular weight is 206 g/mol. The molecule has 0 N–H and O–H groups in total. The highest BCUT2D eigenvalue weighted by Crippen LogP contribution is 2.27. The lowest BCUT2D eigenvalue weighted by Gasteiger charge is -2.13. The highest BCUT2D eigenvalue weighted by molar-refractivity contribution is 7.80. The van der Waals surface area contributed by atoms with Gasteiger partial charge in [0.05, 0.1) is 0 Å². The third-order valence-corrected chi connectivity index (χ3v) is 1.30. The normalized spacial score (nSPS) is 11.0. The van der Waals surface area contributed by atoms with Crippen LogP contribution in [0.15, 0.2) is 0 Å². The summed E-state index contributed by atoms with van der Waals surface area (Å²) in [6.07, 6.45) is -4.32. The molecule has 12 heavy (non-hydrogen) atoms. The van der Waals surface area contributed by atoms with E-state index in [1.54, 1.807) is 0 Å². The summed E-state index contributed by atoms with van der Waals surface area (Å²) in [7, 11) is 0. The van der Waals surface area contributed by atoms with E-state index in [1.165, 1.54) is 0 Å². The van der Waals surface area contributed by atoms with Crippen LogP contribution < -0.4 is 0 Å². The van der Waals surface area contributed by atoms with E-state index in [2.05, 4.69) is 12.6 Å². The van der Waals surface area contributed by atoms with Crippen molar-refractivity contribution in [3.05, 3.63) is 0 Å². The van der Waals surface area contributed by atoms with E-state index >= 15 is 0 Å². The van der Waals surface area contributed by atoms with Gasteiger partial charge in [-0.3, -0.25) is 0 Å². The van der Waals surface area contributed by atoms with E-state index < -0.39 is 18.8 Å². The third kappa shape index (κ3) is 6.76. The second-order valence-electron chi connectivity index (χ2n) is 1.89. The topological polar surface area (TPSA) is 0 Å². The molecule has 0 aromatic carbocycles. The number of thiol groups is 1. The second kappa shape index (κ2) is 7.71. The Kier molecular flexibility index (Phi) is 9.37. The largest absolute Gasteiger partial charge is 0.307 e. The number of hydrogen-bond acceptors (Lipinski definition) is 1. The van der Waals surface area contributed by atoms with Gasteiger partial charge >= 0.3 is 12.3 Å². The van der Waals surface area contributed by atoms with Crippen LogP contribution in [0.25, 0.3) is 0 Å². The van der Waals surface area contributed by atoms with E-state index in [1.807, 2.05) is 13.8 Å². The molecule has 0 atom stereocenters. The zero-order valence-corrected chi connectivity index (χ0v) is 8.05. The molecule has 0 aliphatic carbocycles. The van der Waals surface area contributed by atoms with Gasteiger partial charge in [-0.2, -0.15) is 12.6 Å². The molecule has 0 rings (SSSR count). The molecule has 5 heteroatoms. The predicted octanol–water partition coefficient (Wildman–Crippen LogP) is 3.62. The Labute approximate surface area is 75.8 Å². The Hall–Kier alpha value is 0.0700. The standard InChI is InChI=1S/C5H8F4S.C2H6/c6-4(7)5(8,9)2-1-3-10;1-2/h4,10H,1-3H2;1-2H3. The smallest absolute Gasteiger partial charge is 0.204 e. The van der Waals surface area contributed by atoms with Gasteiger partial charge in [-0.1, -0.05) is 13.8 Å². The molecular formula is C7H14F4S. The highest BCUT2D eigenvalue weighted by Gasteiger charge is 2.39. The minimum absolute atomic E-state index is 0.0143. The van der Waals surface area contributed by atoms with Crippen molar-refractivity contribution in [1.82, 2.24) is 0 Å². The highest BCUT2D eigenvalue weighted by atomic mass is 32.1. The number of halogens is 4. The average Bonchev–Trinajstić information content (AvgIpc) is 2.04. The van der Waals surface area contributed by atoms with Gasteiger partial charge in [0.2, 0.25) is 0 Å². The summed E-state index contributed by atoms with van der Waals surface area (Å²) < 4.78 is 46.6. The molecule has 0 aromatic heterocycles. The van der Waals surface area contributed by atoms with Crippen LogP contribution in [0.3, 0.4) is 0 Å². The molecule has 0 bridgehead atoms. The van der Waals surface area contributed by atoms with E-state index in [4.69, 9.17) is 0 Å². The van der Waals surface area contributed by atoms with Crippen molar-refractivity contribution in [2.45, 2.75) is 39.0 Å². The summed E-state index contributed by atoms with van der Waals surface area (Å²) in [6, 6.07) is 0. The lowest BCUT2D eigenvalue weighted by molar-refractivity contribution is -0.132. The molecule has 0 saturated heterocycles. The van der Waals surface area contributed by atoms with E-state index in [0.717, 1.165) is 0 Å². The SMILES string of the molecule is CC.FC(F)C(F)(F)CCCS. The van der Waals surface area contributed by atoms with Gasteiger partial charge in [0.1, 0.15) is 0 Å². The molecule has 0 nitrogen and oxygen atoms in total. The molecular weight excluding hydrogens is 192 g/mol. The van der Waals surface area contributed by atoms with E-state index in [0.29, 0.717) is 0 Å². The number of alkyl halides is 4. The summed E-state index contributed by atoms with van der Waals surface area (Å²) in [6.45, 7) is 4.00. The number of hydrogen-bond donors (Lipinski definition) is 1. The van der Waals surface area contributed by atoms with Crippen LogP contribution >= 0.6 is 12.6 Å². The van der Waals surface area contributed by atoms with Gasteiger partial charge in [0.15, 0.2) is 0 Å². The first kappa shape index (κ1) is 14.6. The Balaban J connectivity index is 0. The first-order valence-electron chi connectivity index (χ1n) is 3.77. The summed E-state index contributed by atoms with van der Waals surface area (Å²) in [5, 5.41) is 0. The summed E-state index contributed by atoms with van der Waals surface area (Å²) in [5.41, 5.74) is 0. The first-order chi connectivity index (χ1) is 5.50. The maximum atomic E-state index is 11.9. The molecule has 0 spiro atoms. The summed E-state index contributed by atoms with van der Waals surface area (Å²) in [4.78, 5) is 0. The quantitative estimate of drug-likeness (QED) is 0.527. The van der Waals surface area contributed by atoms with Crippen LogP contribution in [-0.4, -0.2) is 18.1 Å². The molecule has 0 aliphatic rings. The molecule has 0 fully saturated rings. The zero-order chi connectivity index (χ0) is 10.2. The summed E-state index contributed by atoms with van der Waals surface area (Å²) >= 11 is 3.62. The van der Waals surface area contributed by atoms with Crippen molar-refractivity contribution in [2.75, 3.05) is 5.75 Å². The Morgan fingerprint density at radius 1 is 1.25 bits per heavy atom. The van der Waals surface area contributed by atoms with Gasteiger partial charge in [-0.05, 0) is 12.2 Å². The van der Waals surface area contributed by atoms with E-state index in [9.17, 15) is 17.6 Å². The zero-order valence-electron chi connectivity index (χ0n) is 7.16. The summed E-state index contributed by atoms with van der Waals surface area (Å²) in [5.74, 6) is -3.62. The lowest BCUT2D eigenvalue weighted by atomic mass is 10.2. The van der Waals surface area contributed by atoms with Crippen LogP contribution in [0, 0.1) is 0 Å². The predicted molar refractivity (Wildman–Crippen MR) is 45.4 cm³/mol. The fourth-order valence-electron chi connectivity index (χ4n) is 0.424. The fourth-order valence-corrected chi connectivity index (χ4v) is 0.582. The molecule has 76 valence electrons. The van der Waals surface area contributed by atoms with Crippen LogP contribution in [0.2, 0.25) is 0 Å². The maximum Gasteiger partial charge on any atom is 0.307 e. The van der Waals surface area contributed by atoms with Crippen molar-refractivity contribution in [3.63, 3.8) is 0 Å². The fraction of sp³-hybridized carbons (Fsp3) is 1.00. The molecule has 0 unspecified atom stereocenters. The maximum absolute atomic E-state index is 11.9. The van der Waals surface area contributed by atoms with Crippen LogP contribution in [-0.2, 0) is 0 Å². The second-order valence-corrected chi connectivity index (χ2v) is 2.34. The molecule has 0 heterocycles. The van der Waals surface area contributed by atoms with Gasteiger partial charge in [0.25, 0.3) is 0 Å². The van der Waals surface area contributed by atoms with Crippen molar-refractivity contribution < 1.29 is 17.6 Å². The lowest BCUT2D eigenvalue weighted by Crippen LogP contribution is -2.26. The Bertz CT molecular complexity index is 95.4. The minimum Gasteiger partial charge on any atom is -0.204 e. The molecule has 0 saturated carbocycles. The molecule has 0 aromatic rings. The van der Waals surface area contributed by atoms with Gasteiger partial charge < -0.3 is 0 Å². The van der Waals surface area contributed by atoms with Crippen molar-refractivity contribution in [1.29, 1.82) is 0 Å². The number of rotatable bonds is 4. The molecule has 0 amide bonds. The molecule has 0 radical (unpaired) electrons. The Morgan fingerprint density at radius 3 is 1.92 bits per heavy atom.